The number of rotatable bonds is 6. The minimum absolute atomic E-state index is 0.0930. The van der Waals surface area contributed by atoms with Crippen LogP contribution >= 0.6 is 0 Å². The molecule has 8 heteroatoms. The molecule has 8 nitrogen and oxygen atoms in total. The zero-order valence-corrected chi connectivity index (χ0v) is 13.3. The van der Waals surface area contributed by atoms with Gasteiger partial charge in [-0.15, -0.1) is 0 Å². The van der Waals surface area contributed by atoms with Crippen LogP contribution in [0, 0.1) is 0 Å². The van der Waals surface area contributed by atoms with Crippen LogP contribution in [-0.4, -0.2) is 79.0 Å². The predicted molar refractivity (Wildman–Crippen MR) is 83.7 cm³/mol. The standard InChI is InChI=1S/C15H25N5O3/c21-13(16-11-1-2-11)9-19-5-7-20(8-6-19)10-14(22)18-15(23)17-12-3-4-12/h11-12H,1-10H2,(H,16,21)(H2,17,18,22,23). The van der Waals surface area contributed by atoms with Crippen LogP contribution in [0.2, 0.25) is 0 Å². The van der Waals surface area contributed by atoms with Gasteiger partial charge >= 0.3 is 6.03 Å². The number of nitrogens with zero attached hydrogens (tertiary/aromatic N) is 2. The molecule has 0 spiro atoms. The summed E-state index contributed by atoms with van der Waals surface area (Å²) in [6.45, 7) is 3.64. The van der Waals surface area contributed by atoms with E-state index in [0.717, 1.165) is 51.9 Å². The molecule has 0 radical (unpaired) electrons. The molecule has 2 aliphatic carbocycles. The van der Waals surface area contributed by atoms with Gasteiger partial charge < -0.3 is 10.6 Å². The largest absolute Gasteiger partial charge is 0.352 e. The molecular formula is C15H25N5O3. The Morgan fingerprint density at radius 3 is 1.74 bits per heavy atom. The van der Waals surface area contributed by atoms with Crippen LogP contribution < -0.4 is 16.0 Å². The van der Waals surface area contributed by atoms with E-state index in [0.29, 0.717) is 12.6 Å². The molecule has 3 N–H and O–H groups in total. The number of hydrogen-bond acceptors (Lipinski definition) is 5. The molecule has 4 amide bonds. The first-order valence-corrected chi connectivity index (χ1v) is 8.43. The topological polar surface area (TPSA) is 93.8 Å². The van der Waals surface area contributed by atoms with Crippen molar-refractivity contribution in [2.24, 2.45) is 0 Å². The number of carbonyl (C=O) groups is 3. The van der Waals surface area contributed by atoms with Gasteiger partial charge in [-0.2, -0.15) is 0 Å². The second-order valence-electron chi connectivity index (χ2n) is 6.69. The van der Waals surface area contributed by atoms with E-state index in [2.05, 4.69) is 20.9 Å². The Bertz CT molecular complexity index is 468. The van der Waals surface area contributed by atoms with Crippen LogP contribution in [0.3, 0.4) is 0 Å². The maximum absolute atomic E-state index is 11.8. The van der Waals surface area contributed by atoms with Crippen molar-refractivity contribution >= 4 is 17.8 Å². The third-order valence-corrected chi connectivity index (χ3v) is 4.31. The highest BCUT2D eigenvalue weighted by atomic mass is 16.2. The SMILES string of the molecule is O=C(CN1CCN(CC(=O)NC2CC2)CC1)NC(=O)NC1CC1. The summed E-state index contributed by atoms with van der Waals surface area (Å²) in [5.41, 5.74) is 0. The smallest absolute Gasteiger partial charge is 0.321 e. The van der Waals surface area contributed by atoms with Gasteiger partial charge in [-0.05, 0) is 25.7 Å². The molecule has 2 saturated carbocycles. The van der Waals surface area contributed by atoms with Crippen LogP contribution in [0.5, 0.6) is 0 Å². The average molecular weight is 323 g/mol. The average Bonchev–Trinajstić information content (AvgIpc) is 3.38. The Morgan fingerprint density at radius 2 is 1.22 bits per heavy atom. The number of piperazine rings is 1. The normalized spacial score (nSPS) is 22.4. The summed E-state index contributed by atoms with van der Waals surface area (Å²) in [4.78, 5) is 39.2. The second kappa shape index (κ2) is 7.27. The van der Waals surface area contributed by atoms with E-state index in [4.69, 9.17) is 0 Å². The summed E-state index contributed by atoms with van der Waals surface area (Å²) < 4.78 is 0. The van der Waals surface area contributed by atoms with Gasteiger partial charge in [0.2, 0.25) is 11.8 Å². The van der Waals surface area contributed by atoms with E-state index < -0.39 is 6.03 Å². The molecule has 0 aromatic carbocycles. The summed E-state index contributed by atoms with van der Waals surface area (Å²) in [5, 5.41) is 8.08. The number of urea groups is 1. The van der Waals surface area contributed by atoms with Crippen LogP contribution in [0.25, 0.3) is 0 Å². The lowest BCUT2D eigenvalue weighted by molar-refractivity contribution is -0.124. The summed E-state index contributed by atoms with van der Waals surface area (Å²) >= 11 is 0. The van der Waals surface area contributed by atoms with E-state index >= 15 is 0 Å². The fourth-order valence-corrected chi connectivity index (χ4v) is 2.63. The molecule has 0 aromatic rings. The lowest BCUT2D eigenvalue weighted by Gasteiger charge is -2.33. The van der Waals surface area contributed by atoms with Gasteiger partial charge in [0.15, 0.2) is 0 Å². The summed E-state index contributed by atoms with van der Waals surface area (Å²) in [6.07, 6.45) is 4.20. The van der Waals surface area contributed by atoms with E-state index in [9.17, 15) is 14.4 Å². The van der Waals surface area contributed by atoms with Crippen molar-refractivity contribution in [3.05, 3.63) is 0 Å². The molecule has 3 aliphatic rings. The van der Waals surface area contributed by atoms with Gasteiger partial charge in [0.05, 0.1) is 13.1 Å². The lowest BCUT2D eigenvalue weighted by atomic mass is 10.3. The Morgan fingerprint density at radius 1 is 0.739 bits per heavy atom. The first kappa shape index (κ1) is 16.2. The van der Waals surface area contributed by atoms with Crippen molar-refractivity contribution in [1.29, 1.82) is 0 Å². The third kappa shape index (κ3) is 5.80. The fraction of sp³-hybridized carbons (Fsp3) is 0.800. The van der Waals surface area contributed by atoms with E-state index in [1.54, 1.807) is 0 Å². The zero-order valence-electron chi connectivity index (χ0n) is 13.3. The molecule has 1 aliphatic heterocycles. The summed E-state index contributed by atoms with van der Waals surface area (Å²) in [5.74, 6) is -0.182. The molecule has 0 atom stereocenters. The molecule has 3 fully saturated rings. The first-order valence-electron chi connectivity index (χ1n) is 8.43. The molecular weight excluding hydrogens is 298 g/mol. The van der Waals surface area contributed by atoms with Gasteiger partial charge in [0.1, 0.15) is 0 Å². The van der Waals surface area contributed by atoms with Gasteiger partial charge in [0.25, 0.3) is 0 Å². The van der Waals surface area contributed by atoms with Crippen LogP contribution in [-0.2, 0) is 9.59 Å². The third-order valence-electron chi connectivity index (χ3n) is 4.31. The number of carbonyl (C=O) groups excluding carboxylic acids is 3. The Hall–Kier alpha value is -1.67. The maximum Gasteiger partial charge on any atom is 0.321 e. The van der Waals surface area contributed by atoms with Crippen molar-refractivity contribution in [3.63, 3.8) is 0 Å². The minimum atomic E-state index is -0.395. The Labute approximate surface area is 135 Å². The van der Waals surface area contributed by atoms with Gasteiger partial charge in [-0.3, -0.25) is 24.7 Å². The van der Waals surface area contributed by atoms with Gasteiger partial charge in [0, 0.05) is 38.3 Å². The van der Waals surface area contributed by atoms with Gasteiger partial charge in [-0.25, -0.2) is 4.79 Å². The number of nitrogens with one attached hydrogen (secondary N) is 3. The lowest BCUT2D eigenvalue weighted by Crippen LogP contribution is -2.52. The zero-order chi connectivity index (χ0) is 16.2. The van der Waals surface area contributed by atoms with Crippen molar-refractivity contribution in [2.75, 3.05) is 39.3 Å². The molecule has 0 unspecified atom stereocenters. The fourth-order valence-electron chi connectivity index (χ4n) is 2.63. The number of hydrogen-bond donors (Lipinski definition) is 3. The number of imide groups is 1. The van der Waals surface area contributed by atoms with Crippen molar-refractivity contribution < 1.29 is 14.4 Å². The summed E-state index contributed by atoms with van der Waals surface area (Å²) in [7, 11) is 0. The van der Waals surface area contributed by atoms with Crippen LogP contribution in [0.1, 0.15) is 25.7 Å². The first-order chi connectivity index (χ1) is 11.1. The van der Waals surface area contributed by atoms with E-state index in [1.165, 1.54) is 0 Å². The predicted octanol–water partition coefficient (Wildman–Crippen LogP) is -1.13. The highest BCUT2D eigenvalue weighted by molar-refractivity contribution is 5.95. The van der Waals surface area contributed by atoms with E-state index in [1.807, 2.05) is 4.90 Å². The molecule has 1 heterocycles. The monoisotopic (exact) mass is 323 g/mol. The van der Waals surface area contributed by atoms with E-state index in [-0.39, 0.29) is 24.4 Å². The Kier molecular flexibility index (Phi) is 5.12. The van der Waals surface area contributed by atoms with Crippen molar-refractivity contribution in [1.82, 2.24) is 25.8 Å². The van der Waals surface area contributed by atoms with Crippen molar-refractivity contribution in [3.8, 4) is 0 Å². The van der Waals surface area contributed by atoms with Crippen LogP contribution in [0.15, 0.2) is 0 Å². The molecule has 23 heavy (non-hydrogen) atoms. The van der Waals surface area contributed by atoms with Gasteiger partial charge in [-0.1, -0.05) is 0 Å². The Balaban J connectivity index is 1.29. The summed E-state index contributed by atoms with van der Waals surface area (Å²) in [6, 6.07) is 0.246. The quantitative estimate of drug-likeness (QED) is 0.575. The molecule has 0 bridgehead atoms. The molecule has 128 valence electrons. The van der Waals surface area contributed by atoms with Crippen LogP contribution in [0.4, 0.5) is 4.79 Å². The minimum Gasteiger partial charge on any atom is -0.352 e. The highest BCUT2D eigenvalue weighted by Gasteiger charge is 2.26. The maximum atomic E-state index is 11.8. The number of amides is 4. The highest BCUT2D eigenvalue weighted by Crippen LogP contribution is 2.18. The van der Waals surface area contributed by atoms with Crippen molar-refractivity contribution in [2.45, 2.75) is 37.8 Å². The molecule has 0 aromatic heterocycles. The molecule has 3 rings (SSSR count). The second-order valence-corrected chi connectivity index (χ2v) is 6.69. The molecule has 1 saturated heterocycles.